The van der Waals surface area contributed by atoms with Crippen LogP contribution in [0, 0.1) is 6.61 Å². The molecule has 0 aliphatic heterocycles. The summed E-state index contributed by atoms with van der Waals surface area (Å²) in [5.41, 5.74) is 0. The van der Waals surface area contributed by atoms with Gasteiger partial charge in [0.05, 0.1) is 6.61 Å². The van der Waals surface area contributed by atoms with Crippen LogP contribution in [0.25, 0.3) is 0 Å². The number of rotatable bonds is 7. The van der Waals surface area contributed by atoms with Gasteiger partial charge in [0.15, 0.2) is 0 Å². The third kappa shape index (κ3) is 9.18. The van der Waals surface area contributed by atoms with Gasteiger partial charge in [-0.25, -0.2) is 4.79 Å². The molecule has 13 heavy (non-hydrogen) atoms. The molecule has 0 fully saturated rings. The van der Waals surface area contributed by atoms with Crippen molar-refractivity contribution in [2.45, 2.75) is 46.0 Å². The van der Waals surface area contributed by atoms with Crippen molar-refractivity contribution in [3.05, 3.63) is 6.61 Å². The van der Waals surface area contributed by atoms with Crippen molar-refractivity contribution >= 4 is 6.16 Å². The van der Waals surface area contributed by atoms with E-state index in [1.165, 1.54) is 25.9 Å². The molecule has 0 heterocycles. The maximum absolute atomic E-state index is 10.7. The van der Waals surface area contributed by atoms with Crippen molar-refractivity contribution in [1.82, 2.24) is 0 Å². The van der Waals surface area contributed by atoms with Crippen LogP contribution in [0.2, 0.25) is 0 Å². The summed E-state index contributed by atoms with van der Waals surface area (Å²) in [5.74, 6) is 0. The highest BCUT2D eigenvalue weighted by Crippen LogP contribution is 2.02. The summed E-state index contributed by atoms with van der Waals surface area (Å²) in [6.45, 7) is 5.60. The lowest BCUT2D eigenvalue weighted by molar-refractivity contribution is 0.0734. The van der Waals surface area contributed by atoms with E-state index >= 15 is 0 Å². The van der Waals surface area contributed by atoms with Crippen molar-refractivity contribution in [2.24, 2.45) is 0 Å². The van der Waals surface area contributed by atoms with Crippen LogP contribution in [0.15, 0.2) is 0 Å². The molecule has 3 heteroatoms. The van der Waals surface area contributed by atoms with E-state index in [2.05, 4.69) is 11.7 Å². The summed E-state index contributed by atoms with van der Waals surface area (Å²) >= 11 is 0. The molecule has 0 aliphatic carbocycles. The molecule has 0 rings (SSSR count). The summed E-state index contributed by atoms with van der Waals surface area (Å²) in [4.78, 5) is 10.7. The second kappa shape index (κ2) is 9.36. The number of hydrogen-bond donors (Lipinski definition) is 0. The summed E-state index contributed by atoms with van der Waals surface area (Å²) in [7, 11) is 0. The van der Waals surface area contributed by atoms with Crippen molar-refractivity contribution in [3.8, 4) is 0 Å². The van der Waals surface area contributed by atoms with Crippen molar-refractivity contribution in [1.29, 1.82) is 0 Å². The maximum atomic E-state index is 10.7. The second-order valence-corrected chi connectivity index (χ2v) is 2.87. The Bertz CT molecular complexity index is 123. The first-order chi connectivity index (χ1) is 6.31. The first-order valence-electron chi connectivity index (χ1n) is 4.92. The molecule has 77 valence electrons. The van der Waals surface area contributed by atoms with Gasteiger partial charge in [0, 0.05) is 0 Å². The van der Waals surface area contributed by atoms with E-state index in [0.717, 1.165) is 12.8 Å². The average molecular weight is 187 g/mol. The molecule has 0 spiro atoms. The highest BCUT2D eigenvalue weighted by Gasteiger charge is 2.00. The van der Waals surface area contributed by atoms with Crippen LogP contribution in [0.3, 0.4) is 0 Å². The van der Waals surface area contributed by atoms with Gasteiger partial charge in [-0.15, -0.1) is 0 Å². The van der Waals surface area contributed by atoms with Gasteiger partial charge in [0.25, 0.3) is 0 Å². The standard InChI is InChI=1S/C10H19O3/c1-3-5-6-7-8-9-13-10(11)12-4-2/h4H,3,5-9H2,1-2H3. The van der Waals surface area contributed by atoms with Gasteiger partial charge >= 0.3 is 6.16 Å². The molecule has 0 aromatic carbocycles. The zero-order valence-electron chi connectivity index (χ0n) is 8.54. The smallest absolute Gasteiger partial charge is 0.434 e. The van der Waals surface area contributed by atoms with Crippen LogP contribution in [0.5, 0.6) is 0 Å². The van der Waals surface area contributed by atoms with E-state index in [0.29, 0.717) is 6.61 Å². The quantitative estimate of drug-likeness (QED) is 0.453. The van der Waals surface area contributed by atoms with Crippen LogP contribution in [-0.4, -0.2) is 12.8 Å². The van der Waals surface area contributed by atoms with Crippen molar-refractivity contribution in [3.63, 3.8) is 0 Å². The van der Waals surface area contributed by atoms with Gasteiger partial charge in [-0.2, -0.15) is 0 Å². The molecular formula is C10H19O3. The SMILES string of the molecule is C[CH]OC(=O)OCCCCCCC. The molecule has 0 atom stereocenters. The van der Waals surface area contributed by atoms with Crippen molar-refractivity contribution in [2.75, 3.05) is 6.61 Å². The highest BCUT2D eigenvalue weighted by molar-refractivity contribution is 5.60. The van der Waals surface area contributed by atoms with E-state index < -0.39 is 6.16 Å². The summed E-state index contributed by atoms with van der Waals surface area (Å²) < 4.78 is 9.25. The highest BCUT2D eigenvalue weighted by atomic mass is 16.7. The van der Waals surface area contributed by atoms with E-state index in [1.54, 1.807) is 6.92 Å². The minimum absolute atomic E-state index is 0.469. The number of unbranched alkanes of at least 4 members (excludes halogenated alkanes) is 4. The number of carbonyl (C=O) groups is 1. The van der Waals surface area contributed by atoms with Crippen LogP contribution < -0.4 is 0 Å². The molecule has 3 nitrogen and oxygen atoms in total. The summed E-state index contributed by atoms with van der Waals surface area (Å²) in [6.07, 6.45) is 5.16. The third-order valence-corrected chi connectivity index (χ3v) is 1.68. The number of carbonyl (C=O) groups excluding carboxylic acids is 1. The summed E-state index contributed by atoms with van der Waals surface area (Å²) in [5, 5.41) is 0. The number of ether oxygens (including phenoxy) is 2. The first-order valence-corrected chi connectivity index (χ1v) is 4.92. The molecule has 0 saturated carbocycles. The lowest BCUT2D eigenvalue weighted by Crippen LogP contribution is -2.05. The fourth-order valence-corrected chi connectivity index (χ4v) is 0.991. The van der Waals surface area contributed by atoms with Crippen LogP contribution >= 0.6 is 0 Å². The predicted octanol–water partition coefficient (Wildman–Crippen LogP) is 3.29. The fourth-order valence-electron chi connectivity index (χ4n) is 0.991. The molecular weight excluding hydrogens is 168 g/mol. The monoisotopic (exact) mass is 187 g/mol. The first kappa shape index (κ1) is 12.3. The second-order valence-electron chi connectivity index (χ2n) is 2.87. The van der Waals surface area contributed by atoms with Crippen LogP contribution in [0.1, 0.15) is 46.0 Å². The van der Waals surface area contributed by atoms with Gasteiger partial charge in [-0.3, -0.25) is 0 Å². The van der Waals surface area contributed by atoms with Crippen LogP contribution in [0.4, 0.5) is 4.79 Å². The Morgan fingerprint density at radius 3 is 2.54 bits per heavy atom. The largest absolute Gasteiger partial charge is 0.508 e. The minimum atomic E-state index is -0.599. The average Bonchev–Trinajstić information content (AvgIpc) is 2.11. The Morgan fingerprint density at radius 2 is 1.92 bits per heavy atom. The molecule has 0 N–H and O–H groups in total. The lowest BCUT2D eigenvalue weighted by Gasteiger charge is -2.03. The Kier molecular flexibility index (Phi) is 8.83. The molecule has 0 aromatic rings. The van der Waals surface area contributed by atoms with E-state index in [9.17, 15) is 4.79 Å². The zero-order valence-corrected chi connectivity index (χ0v) is 8.54. The van der Waals surface area contributed by atoms with E-state index in [-0.39, 0.29) is 0 Å². The van der Waals surface area contributed by atoms with E-state index in [1.807, 2.05) is 0 Å². The topological polar surface area (TPSA) is 35.5 Å². The van der Waals surface area contributed by atoms with Gasteiger partial charge in [0.1, 0.15) is 6.61 Å². The molecule has 0 unspecified atom stereocenters. The van der Waals surface area contributed by atoms with Gasteiger partial charge in [0.2, 0.25) is 0 Å². The molecule has 0 aliphatic rings. The fraction of sp³-hybridized carbons (Fsp3) is 0.800. The van der Waals surface area contributed by atoms with Crippen LogP contribution in [-0.2, 0) is 9.47 Å². The lowest BCUT2D eigenvalue weighted by atomic mass is 10.2. The Hall–Kier alpha value is -0.730. The molecule has 0 saturated heterocycles. The Balaban J connectivity index is 3.02. The van der Waals surface area contributed by atoms with E-state index in [4.69, 9.17) is 4.74 Å². The summed E-state index contributed by atoms with van der Waals surface area (Å²) in [6, 6.07) is 0. The predicted molar refractivity (Wildman–Crippen MR) is 51.2 cm³/mol. The Morgan fingerprint density at radius 1 is 1.23 bits per heavy atom. The maximum Gasteiger partial charge on any atom is 0.508 e. The normalized spacial score (nSPS) is 9.69. The number of hydrogen-bond acceptors (Lipinski definition) is 3. The van der Waals surface area contributed by atoms with Gasteiger partial charge in [-0.05, 0) is 13.3 Å². The molecule has 0 amide bonds. The third-order valence-electron chi connectivity index (χ3n) is 1.68. The Labute approximate surface area is 80.4 Å². The zero-order chi connectivity index (χ0) is 9.94. The minimum Gasteiger partial charge on any atom is -0.434 e. The molecule has 1 radical (unpaired) electrons. The molecule has 0 bridgehead atoms. The molecule has 0 aromatic heterocycles. The van der Waals surface area contributed by atoms with Gasteiger partial charge < -0.3 is 9.47 Å². The van der Waals surface area contributed by atoms with Crippen molar-refractivity contribution < 1.29 is 14.3 Å². The van der Waals surface area contributed by atoms with Gasteiger partial charge in [-0.1, -0.05) is 32.6 Å².